The van der Waals surface area contributed by atoms with Crippen molar-refractivity contribution in [1.29, 1.82) is 0 Å². The molecule has 1 heterocycles. The average molecular weight is 381 g/mol. The minimum atomic E-state index is -4.43. The van der Waals surface area contributed by atoms with Crippen LogP contribution in [-0.4, -0.2) is 28.8 Å². The molecule has 1 aliphatic carbocycles. The topological polar surface area (TPSA) is 56.1 Å². The summed E-state index contributed by atoms with van der Waals surface area (Å²) in [5, 5.41) is 6.42. The van der Waals surface area contributed by atoms with Crippen molar-refractivity contribution in [1.82, 2.24) is 15.1 Å². The van der Waals surface area contributed by atoms with Gasteiger partial charge in [-0.25, -0.2) is 0 Å². The molecule has 1 saturated carbocycles. The second-order valence-electron chi connectivity index (χ2n) is 6.71. The molecule has 2 aromatic rings. The van der Waals surface area contributed by atoms with Crippen molar-refractivity contribution in [3.8, 4) is 5.75 Å². The number of aryl methyl sites for hydroxylation is 2. The number of carbonyl (C=O) groups excluding carboxylic acids is 1. The van der Waals surface area contributed by atoms with Gasteiger partial charge in [-0.05, 0) is 43.9 Å². The third kappa shape index (κ3) is 5.24. The first-order valence-corrected chi connectivity index (χ1v) is 8.94. The van der Waals surface area contributed by atoms with Crippen molar-refractivity contribution < 1.29 is 22.7 Å². The quantitative estimate of drug-likeness (QED) is 0.710. The first-order valence-electron chi connectivity index (χ1n) is 8.94. The van der Waals surface area contributed by atoms with E-state index >= 15 is 0 Å². The summed E-state index contributed by atoms with van der Waals surface area (Å²) in [6.45, 7) is 2.48. The first-order chi connectivity index (χ1) is 12.8. The van der Waals surface area contributed by atoms with Crippen LogP contribution < -0.4 is 10.1 Å². The number of benzene rings is 1. The van der Waals surface area contributed by atoms with Crippen molar-refractivity contribution in [3.63, 3.8) is 0 Å². The van der Waals surface area contributed by atoms with Crippen LogP contribution in [0.2, 0.25) is 0 Å². The number of rotatable bonds is 8. The molecule has 0 unspecified atom stereocenters. The molecule has 3 rings (SSSR count). The summed E-state index contributed by atoms with van der Waals surface area (Å²) in [6.07, 6.45) is -2.14. The second-order valence-corrected chi connectivity index (χ2v) is 6.71. The van der Waals surface area contributed by atoms with Crippen LogP contribution in [0.1, 0.15) is 42.1 Å². The molecule has 1 aromatic carbocycles. The van der Waals surface area contributed by atoms with E-state index in [1.54, 1.807) is 6.07 Å². The molecule has 0 radical (unpaired) electrons. The third-order valence-electron chi connectivity index (χ3n) is 4.42. The van der Waals surface area contributed by atoms with Crippen LogP contribution in [0.15, 0.2) is 30.3 Å². The average Bonchev–Trinajstić information content (AvgIpc) is 3.36. The van der Waals surface area contributed by atoms with Crippen LogP contribution in [0.5, 0.6) is 5.75 Å². The molecular weight excluding hydrogens is 359 g/mol. The molecule has 1 amide bonds. The number of carbonyl (C=O) groups is 1. The van der Waals surface area contributed by atoms with Crippen molar-refractivity contribution in [3.05, 3.63) is 47.3 Å². The maximum Gasteiger partial charge on any atom is 0.435 e. The highest BCUT2D eigenvalue weighted by Crippen LogP contribution is 2.42. The Bertz CT molecular complexity index is 798. The predicted octanol–water partition coefficient (Wildman–Crippen LogP) is 3.67. The van der Waals surface area contributed by atoms with E-state index in [1.165, 1.54) is 4.68 Å². The molecule has 1 aromatic heterocycles. The van der Waals surface area contributed by atoms with Crippen LogP contribution >= 0.6 is 0 Å². The lowest BCUT2D eigenvalue weighted by Crippen LogP contribution is -2.30. The Morgan fingerprint density at radius 2 is 2.07 bits per heavy atom. The van der Waals surface area contributed by atoms with Gasteiger partial charge >= 0.3 is 6.18 Å². The monoisotopic (exact) mass is 381 g/mol. The summed E-state index contributed by atoms with van der Waals surface area (Å²) in [4.78, 5) is 11.9. The van der Waals surface area contributed by atoms with Gasteiger partial charge in [0.1, 0.15) is 5.75 Å². The number of hydrogen-bond donors (Lipinski definition) is 1. The van der Waals surface area contributed by atoms with Crippen LogP contribution in [0, 0.1) is 6.92 Å². The zero-order chi connectivity index (χ0) is 19.4. The van der Waals surface area contributed by atoms with Gasteiger partial charge in [-0.3, -0.25) is 9.48 Å². The van der Waals surface area contributed by atoms with Gasteiger partial charge < -0.3 is 10.1 Å². The normalized spacial score (nSPS) is 14.2. The summed E-state index contributed by atoms with van der Waals surface area (Å²) in [5.41, 5.74) is 0.730. The van der Waals surface area contributed by atoms with Crippen molar-refractivity contribution in [2.24, 2.45) is 0 Å². The standard InChI is InChI=1S/C19H22F3N3O2/c1-13-5-2-3-6-16(13)27-12-18(26)23-9-4-10-25-15(14-7-8-14)11-17(24-25)19(20,21)22/h2-3,5-6,11,14H,4,7-10,12H2,1H3,(H,23,26). The number of para-hydroxylation sites is 1. The smallest absolute Gasteiger partial charge is 0.435 e. The molecular formula is C19H22F3N3O2. The van der Waals surface area contributed by atoms with Crippen LogP contribution in [0.4, 0.5) is 13.2 Å². The van der Waals surface area contributed by atoms with Gasteiger partial charge in [0.25, 0.3) is 5.91 Å². The largest absolute Gasteiger partial charge is 0.484 e. The molecule has 5 nitrogen and oxygen atoms in total. The van der Waals surface area contributed by atoms with Gasteiger partial charge in [0.05, 0.1) is 0 Å². The molecule has 8 heteroatoms. The second kappa shape index (κ2) is 8.02. The van der Waals surface area contributed by atoms with Gasteiger partial charge in [-0.15, -0.1) is 0 Å². The molecule has 1 N–H and O–H groups in total. The predicted molar refractivity (Wildman–Crippen MR) is 93.5 cm³/mol. The Morgan fingerprint density at radius 1 is 1.33 bits per heavy atom. The molecule has 0 aliphatic heterocycles. The minimum Gasteiger partial charge on any atom is -0.484 e. The minimum absolute atomic E-state index is 0.0990. The highest BCUT2D eigenvalue weighted by Gasteiger charge is 2.37. The van der Waals surface area contributed by atoms with E-state index in [2.05, 4.69) is 10.4 Å². The number of hydrogen-bond acceptors (Lipinski definition) is 3. The van der Waals surface area contributed by atoms with Crippen LogP contribution in [-0.2, 0) is 17.5 Å². The van der Waals surface area contributed by atoms with Crippen molar-refractivity contribution >= 4 is 5.91 Å². The number of alkyl halides is 3. The van der Waals surface area contributed by atoms with Gasteiger partial charge in [-0.1, -0.05) is 18.2 Å². The van der Waals surface area contributed by atoms with E-state index in [9.17, 15) is 18.0 Å². The van der Waals surface area contributed by atoms with Gasteiger partial charge in [0, 0.05) is 24.7 Å². The Labute approximate surface area is 155 Å². The Balaban J connectivity index is 1.44. The first kappa shape index (κ1) is 19.3. The SMILES string of the molecule is Cc1ccccc1OCC(=O)NCCCn1nc(C(F)(F)F)cc1C1CC1. The summed E-state index contributed by atoms with van der Waals surface area (Å²) >= 11 is 0. The number of ether oxygens (including phenoxy) is 1. The molecule has 0 spiro atoms. The summed E-state index contributed by atoms with van der Waals surface area (Å²) in [5.74, 6) is 0.556. The van der Waals surface area contributed by atoms with Gasteiger partial charge in [-0.2, -0.15) is 18.3 Å². The van der Waals surface area contributed by atoms with E-state index in [-0.39, 0.29) is 18.4 Å². The Hall–Kier alpha value is -2.51. The molecule has 1 aliphatic rings. The summed E-state index contributed by atoms with van der Waals surface area (Å²) < 4.78 is 45.5. The highest BCUT2D eigenvalue weighted by molar-refractivity contribution is 5.77. The lowest BCUT2D eigenvalue weighted by atomic mass is 10.2. The van der Waals surface area contributed by atoms with Gasteiger partial charge in [0.15, 0.2) is 12.3 Å². The molecule has 1 fully saturated rings. The zero-order valence-corrected chi connectivity index (χ0v) is 15.1. The zero-order valence-electron chi connectivity index (χ0n) is 15.1. The fraction of sp³-hybridized carbons (Fsp3) is 0.474. The molecule has 0 bridgehead atoms. The number of aromatic nitrogens is 2. The van der Waals surface area contributed by atoms with Crippen LogP contribution in [0.3, 0.4) is 0 Å². The van der Waals surface area contributed by atoms with E-state index in [4.69, 9.17) is 4.74 Å². The lowest BCUT2D eigenvalue weighted by molar-refractivity contribution is -0.141. The molecule has 146 valence electrons. The third-order valence-corrected chi connectivity index (χ3v) is 4.42. The van der Waals surface area contributed by atoms with Gasteiger partial charge in [0.2, 0.25) is 0 Å². The summed E-state index contributed by atoms with van der Waals surface area (Å²) in [6, 6.07) is 8.54. The van der Waals surface area contributed by atoms with E-state index in [1.807, 2.05) is 25.1 Å². The van der Waals surface area contributed by atoms with Crippen molar-refractivity contribution in [2.45, 2.75) is 44.8 Å². The number of amides is 1. The highest BCUT2D eigenvalue weighted by atomic mass is 19.4. The maximum atomic E-state index is 12.9. The van der Waals surface area contributed by atoms with E-state index in [0.29, 0.717) is 31.0 Å². The summed E-state index contributed by atoms with van der Waals surface area (Å²) in [7, 11) is 0. The van der Waals surface area contributed by atoms with Crippen molar-refractivity contribution in [2.75, 3.05) is 13.2 Å². The number of nitrogens with zero attached hydrogens (tertiary/aromatic N) is 2. The fourth-order valence-corrected chi connectivity index (χ4v) is 2.83. The van der Waals surface area contributed by atoms with Crippen LogP contribution in [0.25, 0.3) is 0 Å². The Morgan fingerprint density at radius 3 is 2.74 bits per heavy atom. The fourth-order valence-electron chi connectivity index (χ4n) is 2.83. The van der Waals surface area contributed by atoms with E-state index in [0.717, 1.165) is 24.5 Å². The Kier molecular flexibility index (Phi) is 5.72. The number of halogens is 3. The maximum absolute atomic E-state index is 12.9. The lowest BCUT2D eigenvalue weighted by Gasteiger charge is -2.10. The number of nitrogens with one attached hydrogen (secondary N) is 1. The molecule has 0 saturated heterocycles. The molecule has 27 heavy (non-hydrogen) atoms. The molecule has 0 atom stereocenters. The van der Waals surface area contributed by atoms with E-state index < -0.39 is 11.9 Å².